The number of carbonyl (C=O) groups is 4. The molecule has 0 bridgehead atoms. The van der Waals surface area contributed by atoms with Gasteiger partial charge < -0.3 is 24.8 Å². The summed E-state index contributed by atoms with van der Waals surface area (Å²) in [6, 6.07) is 23.2. The lowest BCUT2D eigenvalue weighted by Gasteiger charge is -2.51. The minimum absolute atomic E-state index is 0.148. The molecule has 232 valence electrons. The number of ether oxygens (including phenoxy) is 1. The Kier molecular flexibility index (Phi) is 8.05. The van der Waals surface area contributed by atoms with Gasteiger partial charge in [-0.25, -0.2) is 14.5 Å². The second-order valence-corrected chi connectivity index (χ2v) is 12.6. The fourth-order valence-electron chi connectivity index (χ4n) is 6.28. The molecule has 2 N–H and O–H groups in total. The summed E-state index contributed by atoms with van der Waals surface area (Å²) in [7, 11) is 0. The molecule has 2 fully saturated rings. The van der Waals surface area contributed by atoms with Crippen molar-refractivity contribution in [2.75, 3.05) is 11.4 Å². The Balaban J connectivity index is 1.42. The third-order valence-corrected chi connectivity index (χ3v) is 8.24. The number of benzene rings is 3. The first-order valence-corrected chi connectivity index (χ1v) is 15.2. The van der Waals surface area contributed by atoms with Gasteiger partial charge in [0.2, 0.25) is 11.8 Å². The second-order valence-electron chi connectivity index (χ2n) is 12.6. The predicted octanol–water partition coefficient (Wildman–Crippen LogP) is 5.24. The van der Waals surface area contributed by atoms with Gasteiger partial charge in [-0.15, -0.1) is 0 Å². The van der Waals surface area contributed by atoms with Crippen LogP contribution in [0.4, 0.5) is 15.3 Å². The number of nitrogens with zero attached hydrogens (tertiary/aromatic N) is 3. The Bertz CT molecular complexity index is 1710. The smallest absolute Gasteiger partial charge is 0.407 e. The minimum atomic E-state index is -1.02. The Hall–Kier alpha value is -5.12. The first-order valence-electron chi connectivity index (χ1n) is 15.2. The Morgan fingerprint density at radius 3 is 2.33 bits per heavy atom. The van der Waals surface area contributed by atoms with E-state index >= 15 is 0 Å². The minimum Gasteiger partial charge on any atom is -0.444 e. The van der Waals surface area contributed by atoms with Gasteiger partial charge in [0.1, 0.15) is 11.6 Å². The highest BCUT2D eigenvalue weighted by molar-refractivity contribution is 6.18. The van der Waals surface area contributed by atoms with Crippen LogP contribution >= 0.6 is 0 Å². The van der Waals surface area contributed by atoms with Crippen molar-refractivity contribution in [1.29, 1.82) is 0 Å². The lowest BCUT2D eigenvalue weighted by atomic mass is 9.91. The first kappa shape index (κ1) is 29.9. The molecule has 0 radical (unpaired) electrons. The normalized spacial score (nSPS) is 19.4. The lowest BCUT2D eigenvalue weighted by molar-refractivity contribution is -0.147. The van der Waals surface area contributed by atoms with Gasteiger partial charge in [0.25, 0.3) is 0 Å². The molecule has 2 saturated heterocycles. The van der Waals surface area contributed by atoms with Crippen molar-refractivity contribution in [3.8, 4) is 0 Å². The molecule has 3 aromatic carbocycles. The summed E-state index contributed by atoms with van der Waals surface area (Å²) in [6.07, 6.45) is 1.44. The van der Waals surface area contributed by atoms with Crippen LogP contribution in [-0.2, 0) is 27.3 Å². The van der Waals surface area contributed by atoms with E-state index in [9.17, 15) is 19.2 Å². The summed E-state index contributed by atoms with van der Waals surface area (Å²) in [5, 5.41) is 4.04. The molecule has 45 heavy (non-hydrogen) atoms. The monoisotopic (exact) mass is 607 g/mol. The van der Waals surface area contributed by atoms with Crippen molar-refractivity contribution in [2.45, 2.75) is 63.9 Å². The molecule has 10 nitrogen and oxygen atoms in total. The summed E-state index contributed by atoms with van der Waals surface area (Å²) in [6.45, 7) is 5.81. The number of piperazine rings is 1. The summed E-state index contributed by atoms with van der Waals surface area (Å²) < 4.78 is 5.67. The molecule has 2 aliphatic rings. The number of nitrogens with one attached hydrogen (secondary N) is 2. The molecule has 0 saturated carbocycles. The van der Waals surface area contributed by atoms with Gasteiger partial charge >= 0.3 is 12.1 Å². The van der Waals surface area contributed by atoms with Gasteiger partial charge in [-0.05, 0) is 56.5 Å². The number of rotatable bonds is 7. The molecule has 6 rings (SSSR count). The first-order chi connectivity index (χ1) is 21.6. The molecule has 0 aliphatic carbocycles. The van der Waals surface area contributed by atoms with E-state index in [1.54, 1.807) is 49.9 Å². The van der Waals surface area contributed by atoms with E-state index in [1.807, 2.05) is 66.9 Å². The SMILES string of the molecule is CC(C)(C)OC(=O)N[C@H](Cc1c[nH]c2ccccc12)[C@H]1CN(Cc2ccccc2)C(=O)[C@@H]2CC(=O)N(c3ccccc3)C(=O)N12. The number of H-pyrrole nitrogens is 1. The van der Waals surface area contributed by atoms with Crippen LogP contribution in [0.15, 0.2) is 91.1 Å². The van der Waals surface area contributed by atoms with Crippen LogP contribution in [0.25, 0.3) is 10.9 Å². The molecule has 3 atom stereocenters. The average molecular weight is 608 g/mol. The van der Waals surface area contributed by atoms with Gasteiger partial charge in [-0.2, -0.15) is 0 Å². The number of fused-ring (bicyclic) bond motifs is 2. The second kappa shape index (κ2) is 12.1. The Morgan fingerprint density at radius 1 is 0.956 bits per heavy atom. The van der Waals surface area contributed by atoms with Crippen molar-refractivity contribution in [3.05, 3.63) is 102 Å². The van der Waals surface area contributed by atoms with Crippen molar-refractivity contribution in [2.24, 2.45) is 0 Å². The zero-order valence-electron chi connectivity index (χ0n) is 25.6. The number of alkyl carbamates (subject to hydrolysis) is 1. The van der Waals surface area contributed by atoms with Crippen LogP contribution in [0.1, 0.15) is 38.3 Å². The van der Waals surface area contributed by atoms with Crippen LogP contribution in [0, 0.1) is 0 Å². The Labute approximate surface area is 261 Å². The maximum atomic E-state index is 14.3. The zero-order valence-corrected chi connectivity index (χ0v) is 25.6. The number of carbonyl (C=O) groups excluding carboxylic acids is 4. The number of hydrogen-bond acceptors (Lipinski definition) is 5. The number of para-hydroxylation sites is 2. The van der Waals surface area contributed by atoms with E-state index in [-0.39, 0.29) is 18.9 Å². The van der Waals surface area contributed by atoms with Crippen molar-refractivity contribution in [3.63, 3.8) is 0 Å². The predicted molar refractivity (Wildman–Crippen MR) is 170 cm³/mol. The molecule has 4 aromatic rings. The topological polar surface area (TPSA) is 115 Å². The number of amides is 5. The summed E-state index contributed by atoms with van der Waals surface area (Å²) in [5.41, 5.74) is 2.48. The molecule has 2 aliphatic heterocycles. The number of hydrogen-bond donors (Lipinski definition) is 2. The van der Waals surface area contributed by atoms with Gasteiger partial charge in [-0.3, -0.25) is 9.59 Å². The highest BCUT2D eigenvalue weighted by atomic mass is 16.6. The van der Waals surface area contributed by atoms with E-state index in [0.29, 0.717) is 18.7 Å². The van der Waals surface area contributed by atoms with Crippen LogP contribution in [0.2, 0.25) is 0 Å². The maximum absolute atomic E-state index is 14.3. The van der Waals surface area contributed by atoms with E-state index < -0.39 is 41.8 Å². The van der Waals surface area contributed by atoms with Gasteiger partial charge in [0, 0.05) is 30.2 Å². The van der Waals surface area contributed by atoms with Crippen LogP contribution < -0.4 is 10.2 Å². The fraction of sp³-hybridized carbons (Fsp3) is 0.314. The highest BCUT2D eigenvalue weighted by Gasteiger charge is 2.52. The number of aromatic nitrogens is 1. The average Bonchev–Trinajstić information content (AvgIpc) is 3.41. The fourth-order valence-corrected chi connectivity index (χ4v) is 6.28. The molecule has 0 spiro atoms. The molecule has 5 amide bonds. The number of anilines is 1. The van der Waals surface area contributed by atoms with E-state index in [4.69, 9.17) is 4.74 Å². The van der Waals surface area contributed by atoms with Crippen LogP contribution in [0.3, 0.4) is 0 Å². The molecule has 1 aromatic heterocycles. The van der Waals surface area contributed by atoms with E-state index in [1.165, 1.54) is 4.90 Å². The number of imide groups is 1. The largest absolute Gasteiger partial charge is 0.444 e. The van der Waals surface area contributed by atoms with E-state index in [0.717, 1.165) is 26.9 Å². The van der Waals surface area contributed by atoms with E-state index in [2.05, 4.69) is 10.3 Å². The Morgan fingerprint density at radius 2 is 1.62 bits per heavy atom. The van der Waals surface area contributed by atoms with Gasteiger partial charge in [-0.1, -0.05) is 66.7 Å². The maximum Gasteiger partial charge on any atom is 0.407 e. The quantitative estimate of drug-likeness (QED) is 0.298. The molecule has 10 heteroatoms. The standard InChI is InChI=1S/C35H37N5O5/c1-35(2,3)45-33(43)37-28(18-24-20-36-27-17-11-10-16-26(24)27)30-22-38(21-23-12-6-4-7-13-23)32(42)29-19-31(41)39(34(44)40(29)30)25-14-8-5-9-15-25/h4-17,20,28-30,36H,18-19,21-22H2,1-3H3,(H,37,43)/t28-,29+,30-/m1/s1. The molecule has 0 unspecified atom stereocenters. The third kappa shape index (κ3) is 6.26. The third-order valence-electron chi connectivity index (χ3n) is 8.24. The summed E-state index contributed by atoms with van der Waals surface area (Å²) >= 11 is 0. The van der Waals surface area contributed by atoms with Crippen molar-refractivity contribution in [1.82, 2.24) is 20.1 Å². The molecular weight excluding hydrogens is 570 g/mol. The number of aromatic amines is 1. The van der Waals surface area contributed by atoms with Crippen molar-refractivity contribution >= 4 is 40.5 Å². The van der Waals surface area contributed by atoms with Crippen molar-refractivity contribution < 1.29 is 23.9 Å². The molecule has 3 heterocycles. The van der Waals surface area contributed by atoms with Crippen LogP contribution in [-0.4, -0.2) is 69.0 Å². The van der Waals surface area contributed by atoms with Gasteiger partial charge in [0.05, 0.1) is 24.2 Å². The summed E-state index contributed by atoms with van der Waals surface area (Å²) in [4.78, 5) is 62.8. The lowest BCUT2D eigenvalue weighted by Crippen LogP contribution is -2.73. The van der Waals surface area contributed by atoms with Crippen LogP contribution in [0.5, 0.6) is 0 Å². The molecular formula is C35H37N5O5. The highest BCUT2D eigenvalue weighted by Crippen LogP contribution is 2.33. The van der Waals surface area contributed by atoms with Gasteiger partial charge in [0.15, 0.2) is 0 Å². The number of urea groups is 1. The summed E-state index contributed by atoms with van der Waals surface area (Å²) in [5.74, 6) is -0.748. The zero-order chi connectivity index (χ0) is 31.7.